The van der Waals surface area contributed by atoms with Crippen LogP contribution in [-0.2, 0) is 16.8 Å². The van der Waals surface area contributed by atoms with Gasteiger partial charge in [-0.3, -0.25) is 4.79 Å². The number of rotatable bonds is 7. The number of aromatic nitrogens is 3. The van der Waals surface area contributed by atoms with Gasteiger partial charge < -0.3 is 15.2 Å². The molecule has 4 rings (SSSR count). The number of hydrogen-bond acceptors (Lipinski definition) is 5. The summed E-state index contributed by atoms with van der Waals surface area (Å²) < 4.78 is 13.2. The first-order valence-electron chi connectivity index (χ1n) is 9.66. The highest BCUT2D eigenvalue weighted by molar-refractivity contribution is 5.88. The molecule has 0 unspecified atom stereocenters. The lowest BCUT2D eigenvalue weighted by atomic mass is 9.95. The van der Waals surface area contributed by atoms with Crippen molar-refractivity contribution in [3.05, 3.63) is 35.9 Å². The van der Waals surface area contributed by atoms with E-state index in [0.29, 0.717) is 17.3 Å². The summed E-state index contributed by atoms with van der Waals surface area (Å²) in [4.78, 5) is 16.8. The van der Waals surface area contributed by atoms with Gasteiger partial charge in [0.2, 0.25) is 5.91 Å². The fourth-order valence-electron chi connectivity index (χ4n) is 3.92. The Morgan fingerprint density at radius 2 is 1.93 bits per heavy atom. The quantitative estimate of drug-likeness (QED) is 0.809. The van der Waals surface area contributed by atoms with Gasteiger partial charge in [-0.25, -0.2) is 9.67 Å². The number of amides is 1. The van der Waals surface area contributed by atoms with E-state index in [9.17, 15) is 4.79 Å². The minimum Gasteiger partial charge on any atom is -0.493 e. The molecule has 1 aromatic carbocycles. The zero-order chi connectivity index (χ0) is 18.9. The molecular weight excluding hydrogens is 344 g/mol. The van der Waals surface area contributed by atoms with Crippen LogP contribution in [0.4, 0.5) is 0 Å². The van der Waals surface area contributed by atoms with Gasteiger partial charge in [0.25, 0.3) is 0 Å². The Morgan fingerprint density at radius 1 is 1.22 bits per heavy atom. The maximum absolute atomic E-state index is 12.1. The maximum atomic E-state index is 12.1. The highest BCUT2D eigenvalue weighted by Crippen LogP contribution is 2.48. The molecule has 2 aliphatic carbocycles. The van der Waals surface area contributed by atoms with Gasteiger partial charge >= 0.3 is 0 Å². The summed E-state index contributed by atoms with van der Waals surface area (Å²) in [7, 11) is 1.61. The van der Waals surface area contributed by atoms with E-state index in [1.54, 1.807) is 7.11 Å². The van der Waals surface area contributed by atoms with Crippen LogP contribution in [0.1, 0.15) is 62.6 Å². The Labute approximate surface area is 158 Å². The van der Waals surface area contributed by atoms with Crippen molar-refractivity contribution in [2.45, 2.75) is 63.0 Å². The van der Waals surface area contributed by atoms with Crippen molar-refractivity contribution in [3.63, 3.8) is 0 Å². The van der Waals surface area contributed by atoms with Crippen molar-refractivity contribution < 1.29 is 14.3 Å². The van der Waals surface area contributed by atoms with Gasteiger partial charge in [-0.2, -0.15) is 5.10 Å². The second kappa shape index (κ2) is 7.21. The van der Waals surface area contributed by atoms with Gasteiger partial charge in [0.05, 0.1) is 13.2 Å². The Bertz CT molecular complexity index is 822. The van der Waals surface area contributed by atoms with Crippen molar-refractivity contribution in [1.82, 2.24) is 14.8 Å². The maximum Gasteiger partial charge on any atom is 0.231 e. The van der Waals surface area contributed by atoms with Crippen LogP contribution in [-0.4, -0.2) is 27.8 Å². The molecule has 0 bridgehead atoms. The van der Waals surface area contributed by atoms with Crippen molar-refractivity contribution in [1.29, 1.82) is 0 Å². The largest absolute Gasteiger partial charge is 0.493 e. The lowest BCUT2D eigenvalue weighted by Gasteiger charge is -2.24. The standard InChI is InChI=1S/C20H26N4O3/c1-26-15-9-5-6-10-16(15)27-13-17-22-19(20(11-12-20)18(21)25)24(23-17)14-7-3-2-4-8-14/h5-6,9-10,14H,2-4,7-8,11-13H2,1H3,(H2,21,25). The van der Waals surface area contributed by atoms with E-state index < -0.39 is 5.41 Å². The summed E-state index contributed by atoms with van der Waals surface area (Å²) in [5.41, 5.74) is 5.06. The van der Waals surface area contributed by atoms with Gasteiger partial charge in [0.1, 0.15) is 17.8 Å². The molecule has 1 heterocycles. The second-order valence-corrected chi connectivity index (χ2v) is 7.47. The number of para-hydroxylation sites is 2. The fourth-order valence-corrected chi connectivity index (χ4v) is 3.92. The highest BCUT2D eigenvalue weighted by Gasteiger charge is 2.54. The smallest absolute Gasteiger partial charge is 0.231 e. The van der Waals surface area contributed by atoms with E-state index in [1.807, 2.05) is 28.9 Å². The predicted octanol–water partition coefficient (Wildman–Crippen LogP) is 2.89. The summed E-state index contributed by atoms with van der Waals surface area (Å²) in [6, 6.07) is 7.77. The summed E-state index contributed by atoms with van der Waals surface area (Å²) in [6.07, 6.45) is 7.25. The molecule has 0 atom stereocenters. The number of carbonyl (C=O) groups is 1. The molecule has 0 aliphatic heterocycles. The van der Waals surface area contributed by atoms with E-state index in [-0.39, 0.29) is 18.6 Å². The van der Waals surface area contributed by atoms with Crippen LogP contribution in [0.25, 0.3) is 0 Å². The predicted molar refractivity (Wildman–Crippen MR) is 99.6 cm³/mol. The molecular formula is C20H26N4O3. The number of ether oxygens (including phenoxy) is 2. The molecule has 0 spiro atoms. The molecule has 2 saturated carbocycles. The first kappa shape index (κ1) is 17.8. The van der Waals surface area contributed by atoms with E-state index in [2.05, 4.69) is 0 Å². The minimum absolute atomic E-state index is 0.224. The molecule has 1 amide bonds. The molecule has 2 fully saturated rings. The van der Waals surface area contributed by atoms with Gasteiger partial charge in [0.15, 0.2) is 17.3 Å². The van der Waals surface area contributed by atoms with Crippen LogP contribution < -0.4 is 15.2 Å². The normalized spacial score (nSPS) is 18.9. The van der Waals surface area contributed by atoms with Crippen LogP contribution in [0, 0.1) is 0 Å². The molecule has 2 N–H and O–H groups in total. The third kappa shape index (κ3) is 3.38. The first-order chi connectivity index (χ1) is 13.1. The number of primary amides is 1. The van der Waals surface area contributed by atoms with E-state index >= 15 is 0 Å². The van der Waals surface area contributed by atoms with Crippen LogP contribution >= 0.6 is 0 Å². The number of methoxy groups -OCH3 is 1. The molecule has 0 radical (unpaired) electrons. The monoisotopic (exact) mass is 370 g/mol. The van der Waals surface area contributed by atoms with Gasteiger partial charge in [0, 0.05) is 0 Å². The highest BCUT2D eigenvalue weighted by atomic mass is 16.5. The van der Waals surface area contributed by atoms with E-state index in [0.717, 1.165) is 31.5 Å². The van der Waals surface area contributed by atoms with E-state index in [4.69, 9.17) is 25.3 Å². The summed E-state index contributed by atoms with van der Waals surface area (Å²) in [5.74, 6) is 2.31. The van der Waals surface area contributed by atoms with Crippen LogP contribution in [0.3, 0.4) is 0 Å². The Kier molecular flexibility index (Phi) is 4.76. The molecule has 7 heteroatoms. The van der Waals surface area contributed by atoms with Gasteiger partial charge in [-0.15, -0.1) is 0 Å². The Balaban J connectivity index is 1.60. The Hall–Kier alpha value is -2.57. The SMILES string of the molecule is COc1ccccc1OCc1nc(C2(C(N)=O)CC2)n(C2CCCCC2)n1. The lowest BCUT2D eigenvalue weighted by Crippen LogP contribution is -2.33. The number of benzene rings is 1. The number of hydrogen-bond donors (Lipinski definition) is 1. The Morgan fingerprint density at radius 3 is 2.56 bits per heavy atom. The van der Waals surface area contributed by atoms with Gasteiger partial charge in [-0.05, 0) is 37.8 Å². The summed E-state index contributed by atoms with van der Waals surface area (Å²) in [5, 5.41) is 4.73. The third-order valence-corrected chi connectivity index (χ3v) is 5.67. The first-order valence-corrected chi connectivity index (χ1v) is 9.66. The lowest BCUT2D eigenvalue weighted by molar-refractivity contribution is -0.120. The molecule has 27 heavy (non-hydrogen) atoms. The minimum atomic E-state index is -0.646. The van der Waals surface area contributed by atoms with Gasteiger partial charge in [-0.1, -0.05) is 31.4 Å². The van der Waals surface area contributed by atoms with Crippen molar-refractivity contribution in [2.24, 2.45) is 5.73 Å². The molecule has 1 aromatic heterocycles. The van der Waals surface area contributed by atoms with Crippen LogP contribution in [0.2, 0.25) is 0 Å². The second-order valence-electron chi connectivity index (χ2n) is 7.47. The topological polar surface area (TPSA) is 92.3 Å². The van der Waals surface area contributed by atoms with Crippen molar-refractivity contribution in [2.75, 3.05) is 7.11 Å². The molecule has 144 valence electrons. The van der Waals surface area contributed by atoms with Crippen LogP contribution in [0.15, 0.2) is 24.3 Å². The third-order valence-electron chi connectivity index (χ3n) is 5.67. The zero-order valence-corrected chi connectivity index (χ0v) is 15.7. The number of nitrogens with zero attached hydrogens (tertiary/aromatic N) is 3. The molecule has 2 aliphatic rings. The molecule has 7 nitrogen and oxygen atoms in total. The zero-order valence-electron chi connectivity index (χ0n) is 15.7. The summed E-state index contributed by atoms with van der Waals surface area (Å²) in [6.45, 7) is 0.224. The molecule has 2 aromatic rings. The van der Waals surface area contributed by atoms with Crippen molar-refractivity contribution in [3.8, 4) is 11.5 Å². The van der Waals surface area contributed by atoms with E-state index in [1.165, 1.54) is 19.3 Å². The fraction of sp³-hybridized carbons (Fsp3) is 0.550. The number of nitrogens with two attached hydrogens (primary N) is 1. The molecule has 0 saturated heterocycles. The van der Waals surface area contributed by atoms with Crippen LogP contribution in [0.5, 0.6) is 11.5 Å². The average molecular weight is 370 g/mol. The number of carbonyl (C=O) groups excluding carboxylic acids is 1. The average Bonchev–Trinajstić information content (AvgIpc) is 3.41. The van der Waals surface area contributed by atoms with Crippen molar-refractivity contribution >= 4 is 5.91 Å². The summed E-state index contributed by atoms with van der Waals surface area (Å²) >= 11 is 0.